The van der Waals surface area contributed by atoms with Crippen LogP contribution in [0.15, 0.2) is 18.2 Å². The molecular formula is C15H21NO2. The van der Waals surface area contributed by atoms with E-state index in [9.17, 15) is 0 Å². The summed E-state index contributed by atoms with van der Waals surface area (Å²) in [7, 11) is 0. The number of nitrogens with two attached hydrogens (primary N) is 1. The van der Waals surface area contributed by atoms with Gasteiger partial charge in [0, 0.05) is 12.6 Å². The van der Waals surface area contributed by atoms with Crippen molar-refractivity contribution in [2.45, 2.75) is 44.2 Å². The largest absolute Gasteiger partial charge is 0.491 e. The lowest BCUT2D eigenvalue weighted by Gasteiger charge is -2.22. The highest BCUT2D eigenvalue weighted by Gasteiger charge is 2.20. The van der Waals surface area contributed by atoms with Crippen LogP contribution in [0.3, 0.4) is 0 Å². The lowest BCUT2D eigenvalue weighted by atomic mass is 10.1. The Balaban J connectivity index is 1.60. The third-order valence-corrected chi connectivity index (χ3v) is 3.95. The zero-order valence-electron chi connectivity index (χ0n) is 10.7. The molecule has 0 aromatic heterocycles. The Morgan fingerprint density at radius 2 is 2.22 bits per heavy atom. The van der Waals surface area contributed by atoms with Crippen molar-refractivity contribution in [1.29, 1.82) is 0 Å². The molecule has 2 atom stereocenters. The molecule has 3 nitrogen and oxygen atoms in total. The molecule has 1 heterocycles. The lowest BCUT2D eigenvalue weighted by molar-refractivity contribution is -0.0110. The molecule has 0 saturated carbocycles. The Kier molecular flexibility index (Phi) is 3.52. The molecule has 98 valence electrons. The maximum absolute atomic E-state index is 6.03. The molecule has 0 radical (unpaired) electrons. The van der Waals surface area contributed by atoms with Gasteiger partial charge in [-0.15, -0.1) is 0 Å². The fraction of sp³-hybridized carbons (Fsp3) is 0.600. The van der Waals surface area contributed by atoms with E-state index in [0.717, 1.165) is 31.6 Å². The second-order valence-corrected chi connectivity index (χ2v) is 5.31. The average Bonchev–Trinajstić information content (AvgIpc) is 2.79. The van der Waals surface area contributed by atoms with Gasteiger partial charge in [-0.3, -0.25) is 0 Å². The van der Waals surface area contributed by atoms with Gasteiger partial charge in [-0.25, -0.2) is 0 Å². The normalized spacial score (nSPS) is 26.9. The Morgan fingerprint density at radius 3 is 3.06 bits per heavy atom. The Bertz CT molecular complexity index is 413. The highest BCUT2D eigenvalue weighted by atomic mass is 16.5. The van der Waals surface area contributed by atoms with Crippen LogP contribution >= 0.6 is 0 Å². The number of rotatable bonds is 3. The zero-order valence-corrected chi connectivity index (χ0v) is 10.7. The molecule has 18 heavy (non-hydrogen) atoms. The Morgan fingerprint density at radius 1 is 1.28 bits per heavy atom. The van der Waals surface area contributed by atoms with Crippen LogP contribution in [0.2, 0.25) is 0 Å². The van der Waals surface area contributed by atoms with Crippen molar-refractivity contribution in [3.8, 4) is 5.75 Å². The molecule has 2 N–H and O–H groups in total. The molecule has 3 rings (SSSR count). The van der Waals surface area contributed by atoms with Gasteiger partial charge in [-0.05, 0) is 55.4 Å². The first-order valence-electron chi connectivity index (χ1n) is 6.96. The van der Waals surface area contributed by atoms with Crippen LogP contribution in [0, 0.1) is 0 Å². The maximum Gasteiger partial charge on any atom is 0.119 e. The quantitative estimate of drug-likeness (QED) is 0.893. The second kappa shape index (κ2) is 5.29. The third-order valence-electron chi connectivity index (χ3n) is 3.95. The summed E-state index contributed by atoms with van der Waals surface area (Å²) in [6, 6.07) is 6.51. The van der Waals surface area contributed by atoms with Gasteiger partial charge >= 0.3 is 0 Å². The summed E-state index contributed by atoms with van der Waals surface area (Å²) < 4.78 is 11.5. The van der Waals surface area contributed by atoms with Crippen molar-refractivity contribution in [3.63, 3.8) is 0 Å². The summed E-state index contributed by atoms with van der Waals surface area (Å²) in [4.78, 5) is 0. The van der Waals surface area contributed by atoms with Crippen molar-refractivity contribution in [2.24, 2.45) is 5.73 Å². The SMILES string of the molecule is NC1CCc2cc(OCC3CCCCO3)ccc21. The van der Waals surface area contributed by atoms with Crippen LogP contribution in [0.25, 0.3) is 0 Å². The smallest absolute Gasteiger partial charge is 0.119 e. The van der Waals surface area contributed by atoms with E-state index in [1.165, 1.54) is 24.0 Å². The van der Waals surface area contributed by atoms with Gasteiger partial charge in [0.15, 0.2) is 0 Å². The Labute approximate surface area is 108 Å². The predicted octanol–water partition coefficient (Wildman–Crippen LogP) is 2.58. The first kappa shape index (κ1) is 12.0. The highest BCUT2D eigenvalue weighted by molar-refractivity contribution is 5.40. The molecule has 3 heteroatoms. The molecule has 0 spiro atoms. The minimum absolute atomic E-state index is 0.218. The molecule has 0 amide bonds. The predicted molar refractivity (Wildman–Crippen MR) is 70.8 cm³/mol. The molecule has 1 saturated heterocycles. The molecule has 1 aliphatic heterocycles. The summed E-state index contributed by atoms with van der Waals surface area (Å²) in [5.41, 5.74) is 8.67. The van der Waals surface area contributed by atoms with Gasteiger partial charge in [0.1, 0.15) is 12.4 Å². The van der Waals surface area contributed by atoms with E-state index >= 15 is 0 Å². The molecule has 1 aromatic carbocycles. The minimum atomic E-state index is 0.218. The summed E-state index contributed by atoms with van der Waals surface area (Å²) in [5.74, 6) is 0.956. The topological polar surface area (TPSA) is 44.5 Å². The van der Waals surface area contributed by atoms with Crippen molar-refractivity contribution in [3.05, 3.63) is 29.3 Å². The van der Waals surface area contributed by atoms with E-state index in [2.05, 4.69) is 12.1 Å². The van der Waals surface area contributed by atoms with Crippen LogP contribution < -0.4 is 10.5 Å². The van der Waals surface area contributed by atoms with Crippen molar-refractivity contribution >= 4 is 0 Å². The van der Waals surface area contributed by atoms with E-state index in [1.54, 1.807) is 0 Å². The van der Waals surface area contributed by atoms with Gasteiger partial charge in [0.2, 0.25) is 0 Å². The lowest BCUT2D eigenvalue weighted by Crippen LogP contribution is -2.25. The van der Waals surface area contributed by atoms with Gasteiger partial charge in [-0.2, -0.15) is 0 Å². The van der Waals surface area contributed by atoms with E-state index in [-0.39, 0.29) is 12.1 Å². The van der Waals surface area contributed by atoms with Crippen molar-refractivity contribution in [1.82, 2.24) is 0 Å². The highest BCUT2D eigenvalue weighted by Crippen LogP contribution is 2.32. The van der Waals surface area contributed by atoms with Gasteiger partial charge < -0.3 is 15.2 Å². The fourth-order valence-corrected chi connectivity index (χ4v) is 2.84. The first-order valence-corrected chi connectivity index (χ1v) is 6.96. The third kappa shape index (κ3) is 2.52. The Hall–Kier alpha value is -1.06. The minimum Gasteiger partial charge on any atom is -0.491 e. The molecule has 2 aliphatic rings. The standard InChI is InChI=1S/C15H21NO2/c16-15-7-4-11-9-12(5-6-14(11)15)18-10-13-3-1-2-8-17-13/h5-6,9,13,15H,1-4,7-8,10,16H2. The van der Waals surface area contributed by atoms with Crippen LogP contribution in [0.1, 0.15) is 42.9 Å². The van der Waals surface area contributed by atoms with Crippen molar-refractivity contribution in [2.75, 3.05) is 13.2 Å². The average molecular weight is 247 g/mol. The van der Waals surface area contributed by atoms with E-state index < -0.39 is 0 Å². The second-order valence-electron chi connectivity index (χ2n) is 5.31. The van der Waals surface area contributed by atoms with Gasteiger partial charge in [0.05, 0.1) is 6.10 Å². The number of hydrogen-bond donors (Lipinski definition) is 1. The number of benzene rings is 1. The van der Waals surface area contributed by atoms with Crippen LogP contribution in [0.5, 0.6) is 5.75 Å². The number of hydrogen-bond acceptors (Lipinski definition) is 3. The van der Waals surface area contributed by atoms with E-state index in [0.29, 0.717) is 6.61 Å². The van der Waals surface area contributed by atoms with E-state index in [1.807, 2.05) is 6.07 Å². The molecule has 2 unspecified atom stereocenters. The molecular weight excluding hydrogens is 226 g/mol. The zero-order chi connectivity index (χ0) is 12.4. The van der Waals surface area contributed by atoms with Crippen LogP contribution in [-0.2, 0) is 11.2 Å². The maximum atomic E-state index is 6.03. The molecule has 1 aliphatic carbocycles. The summed E-state index contributed by atoms with van der Waals surface area (Å²) in [6.45, 7) is 1.55. The van der Waals surface area contributed by atoms with Gasteiger partial charge in [0.25, 0.3) is 0 Å². The number of fused-ring (bicyclic) bond motifs is 1. The van der Waals surface area contributed by atoms with Crippen LogP contribution in [0.4, 0.5) is 0 Å². The summed E-state index contributed by atoms with van der Waals surface area (Å²) in [6.07, 6.45) is 5.98. The molecule has 0 bridgehead atoms. The summed E-state index contributed by atoms with van der Waals surface area (Å²) >= 11 is 0. The number of aryl methyl sites for hydroxylation is 1. The monoisotopic (exact) mass is 247 g/mol. The molecule has 1 aromatic rings. The van der Waals surface area contributed by atoms with Crippen molar-refractivity contribution < 1.29 is 9.47 Å². The number of ether oxygens (including phenoxy) is 2. The fourth-order valence-electron chi connectivity index (χ4n) is 2.84. The van der Waals surface area contributed by atoms with Crippen LogP contribution in [-0.4, -0.2) is 19.3 Å². The van der Waals surface area contributed by atoms with Gasteiger partial charge in [-0.1, -0.05) is 6.07 Å². The summed E-state index contributed by atoms with van der Waals surface area (Å²) in [5, 5.41) is 0. The van der Waals surface area contributed by atoms with E-state index in [4.69, 9.17) is 15.2 Å². The molecule has 1 fully saturated rings. The first-order chi connectivity index (χ1) is 8.83.